The van der Waals surface area contributed by atoms with Crippen molar-refractivity contribution in [1.29, 1.82) is 0 Å². The Hall–Kier alpha value is -3.45. The van der Waals surface area contributed by atoms with E-state index in [2.05, 4.69) is 32.9 Å². The summed E-state index contributed by atoms with van der Waals surface area (Å²) in [4.78, 5) is 4.76. The lowest BCUT2D eigenvalue weighted by Crippen LogP contribution is -1.98. The van der Waals surface area contributed by atoms with Crippen molar-refractivity contribution in [2.45, 2.75) is 6.92 Å². The van der Waals surface area contributed by atoms with Crippen LogP contribution in [0.4, 0.5) is 10.8 Å². The van der Waals surface area contributed by atoms with Crippen LogP contribution in [0.2, 0.25) is 0 Å². The Balaban J connectivity index is 1.46. The number of thiazole rings is 1. The van der Waals surface area contributed by atoms with Crippen LogP contribution < -0.4 is 5.32 Å². The minimum Gasteiger partial charge on any atom is -0.331 e. The fraction of sp³-hybridized carbons (Fsp3) is 0.0500. The van der Waals surface area contributed by atoms with Crippen LogP contribution in [0.3, 0.4) is 0 Å². The molecule has 0 saturated heterocycles. The molecule has 0 unspecified atom stereocenters. The number of aromatic nitrogens is 5. The first-order valence-corrected chi connectivity index (χ1v) is 9.42. The van der Waals surface area contributed by atoms with Crippen LogP contribution in [0.1, 0.15) is 5.69 Å². The molecule has 0 aliphatic rings. The van der Waals surface area contributed by atoms with Crippen LogP contribution in [-0.2, 0) is 0 Å². The van der Waals surface area contributed by atoms with Gasteiger partial charge in [0.1, 0.15) is 0 Å². The predicted molar refractivity (Wildman–Crippen MR) is 109 cm³/mol. The monoisotopic (exact) mass is 372 g/mol. The van der Waals surface area contributed by atoms with Crippen molar-refractivity contribution < 1.29 is 0 Å². The molecular weight excluding hydrogens is 356 g/mol. The SMILES string of the molecule is Cc1c(-c2csc(Nc3cccc4[nH]ncc34)n2)cnn1-c1ccccc1. The molecule has 27 heavy (non-hydrogen) atoms. The van der Waals surface area contributed by atoms with Crippen LogP contribution in [0.15, 0.2) is 66.3 Å². The van der Waals surface area contributed by atoms with E-state index in [0.29, 0.717) is 0 Å². The summed E-state index contributed by atoms with van der Waals surface area (Å²) in [5.41, 5.74) is 6.04. The number of para-hydroxylation sites is 1. The number of benzene rings is 2. The number of nitrogens with one attached hydrogen (secondary N) is 2. The summed E-state index contributed by atoms with van der Waals surface area (Å²) in [6.07, 6.45) is 3.69. The van der Waals surface area contributed by atoms with Gasteiger partial charge in [0, 0.05) is 16.3 Å². The molecule has 2 aromatic carbocycles. The Morgan fingerprint density at radius 3 is 2.81 bits per heavy atom. The van der Waals surface area contributed by atoms with Crippen molar-refractivity contribution in [3.63, 3.8) is 0 Å². The minimum absolute atomic E-state index is 0.838. The number of anilines is 2. The number of H-pyrrole nitrogens is 1. The fourth-order valence-corrected chi connectivity index (χ4v) is 3.86. The molecule has 2 N–H and O–H groups in total. The van der Waals surface area contributed by atoms with Crippen LogP contribution in [0, 0.1) is 6.92 Å². The fourth-order valence-electron chi connectivity index (χ4n) is 3.14. The maximum Gasteiger partial charge on any atom is 0.187 e. The molecule has 0 bridgehead atoms. The van der Waals surface area contributed by atoms with Gasteiger partial charge in [-0.3, -0.25) is 5.10 Å². The van der Waals surface area contributed by atoms with E-state index in [0.717, 1.165) is 44.4 Å². The molecule has 0 amide bonds. The number of hydrogen-bond acceptors (Lipinski definition) is 5. The Morgan fingerprint density at radius 1 is 1.04 bits per heavy atom. The molecule has 3 heterocycles. The van der Waals surface area contributed by atoms with Gasteiger partial charge in [-0.1, -0.05) is 24.3 Å². The van der Waals surface area contributed by atoms with Gasteiger partial charge in [-0.25, -0.2) is 9.67 Å². The van der Waals surface area contributed by atoms with Gasteiger partial charge in [0.25, 0.3) is 0 Å². The third kappa shape index (κ3) is 2.78. The third-order valence-electron chi connectivity index (χ3n) is 4.52. The van der Waals surface area contributed by atoms with Gasteiger partial charge in [-0.05, 0) is 31.2 Å². The lowest BCUT2D eigenvalue weighted by Gasteiger charge is -2.04. The highest BCUT2D eigenvalue weighted by Crippen LogP contribution is 2.31. The Bertz CT molecular complexity index is 1220. The Kier molecular flexibility index (Phi) is 3.72. The largest absolute Gasteiger partial charge is 0.331 e. The van der Waals surface area contributed by atoms with Gasteiger partial charge >= 0.3 is 0 Å². The molecule has 0 fully saturated rings. The average Bonchev–Trinajstić information content (AvgIpc) is 3.42. The standard InChI is InChI=1S/C20H16N6S/c1-13-15(11-22-26(13)14-6-3-2-4-7-14)19-12-27-20(24-19)23-17-8-5-9-18-16(17)10-21-25-18/h2-12H,1H3,(H,21,25)(H,23,24). The second kappa shape index (κ2) is 6.37. The summed E-state index contributed by atoms with van der Waals surface area (Å²) < 4.78 is 1.94. The summed E-state index contributed by atoms with van der Waals surface area (Å²) in [6.45, 7) is 2.06. The normalized spacial score (nSPS) is 11.1. The maximum absolute atomic E-state index is 4.76. The van der Waals surface area contributed by atoms with E-state index in [4.69, 9.17) is 4.98 Å². The van der Waals surface area contributed by atoms with Crippen LogP contribution in [-0.4, -0.2) is 25.0 Å². The molecule has 132 valence electrons. The summed E-state index contributed by atoms with van der Waals surface area (Å²) in [6, 6.07) is 16.1. The number of aromatic amines is 1. The zero-order valence-electron chi connectivity index (χ0n) is 14.5. The smallest absolute Gasteiger partial charge is 0.187 e. The first-order chi connectivity index (χ1) is 13.3. The van der Waals surface area contributed by atoms with Crippen molar-refractivity contribution in [2.75, 3.05) is 5.32 Å². The van der Waals surface area contributed by atoms with E-state index in [9.17, 15) is 0 Å². The molecule has 0 atom stereocenters. The quantitative estimate of drug-likeness (QED) is 0.469. The zero-order chi connectivity index (χ0) is 18.2. The molecular formula is C20H16N6S. The van der Waals surface area contributed by atoms with Crippen molar-refractivity contribution in [2.24, 2.45) is 0 Å². The molecule has 0 aliphatic carbocycles. The van der Waals surface area contributed by atoms with Crippen molar-refractivity contribution >= 4 is 33.1 Å². The molecule has 0 radical (unpaired) electrons. The number of rotatable bonds is 4. The van der Waals surface area contributed by atoms with Gasteiger partial charge in [0.05, 0.1) is 40.7 Å². The number of hydrogen-bond donors (Lipinski definition) is 2. The summed E-state index contributed by atoms with van der Waals surface area (Å²) in [5.74, 6) is 0. The summed E-state index contributed by atoms with van der Waals surface area (Å²) in [7, 11) is 0. The molecule has 0 saturated carbocycles. The van der Waals surface area contributed by atoms with Crippen LogP contribution in [0.5, 0.6) is 0 Å². The topological polar surface area (TPSA) is 71.4 Å². The maximum atomic E-state index is 4.76. The highest BCUT2D eigenvalue weighted by molar-refractivity contribution is 7.14. The minimum atomic E-state index is 0.838. The van der Waals surface area contributed by atoms with E-state index in [-0.39, 0.29) is 0 Å². The van der Waals surface area contributed by atoms with Gasteiger partial charge in [-0.15, -0.1) is 11.3 Å². The molecule has 0 aliphatic heterocycles. The van der Waals surface area contributed by atoms with Crippen molar-refractivity contribution in [1.82, 2.24) is 25.0 Å². The second-order valence-electron chi connectivity index (χ2n) is 6.19. The van der Waals surface area contributed by atoms with E-state index in [1.165, 1.54) is 0 Å². The van der Waals surface area contributed by atoms with E-state index >= 15 is 0 Å². The molecule has 7 heteroatoms. The highest BCUT2D eigenvalue weighted by atomic mass is 32.1. The van der Waals surface area contributed by atoms with Crippen molar-refractivity contribution in [3.05, 3.63) is 72.0 Å². The number of nitrogens with zero attached hydrogens (tertiary/aromatic N) is 4. The molecule has 0 spiro atoms. The summed E-state index contributed by atoms with van der Waals surface area (Å²) >= 11 is 1.57. The van der Waals surface area contributed by atoms with Gasteiger partial charge in [0.15, 0.2) is 5.13 Å². The lowest BCUT2D eigenvalue weighted by atomic mass is 10.2. The van der Waals surface area contributed by atoms with E-state index in [1.807, 2.05) is 65.6 Å². The lowest BCUT2D eigenvalue weighted by molar-refractivity contribution is 0.847. The van der Waals surface area contributed by atoms with E-state index in [1.54, 1.807) is 11.3 Å². The van der Waals surface area contributed by atoms with Gasteiger partial charge in [0.2, 0.25) is 0 Å². The van der Waals surface area contributed by atoms with Gasteiger partial charge < -0.3 is 5.32 Å². The molecule has 6 nitrogen and oxygen atoms in total. The third-order valence-corrected chi connectivity index (χ3v) is 5.27. The van der Waals surface area contributed by atoms with Crippen molar-refractivity contribution in [3.8, 4) is 16.9 Å². The molecule has 5 aromatic rings. The molecule has 3 aromatic heterocycles. The number of fused-ring (bicyclic) bond motifs is 1. The van der Waals surface area contributed by atoms with Crippen LogP contribution in [0.25, 0.3) is 27.8 Å². The second-order valence-corrected chi connectivity index (χ2v) is 7.05. The summed E-state index contributed by atoms with van der Waals surface area (Å²) in [5, 5.41) is 19.0. The first kappa shape index (κ1) is 15.8. The molecule has 5 rings (SSSR count). The highest BCUT2D eigenvalue weighted by Gasteiger charge is 2.13. The van der Waals surface area contributed by atoms with E-state index < -0.39 is 0 Å². The zero-order valence-corrected chi connectivity index (χ0v) is 15.4. The van der Waals surface area contributed by atoms with Gasteiger partial charge in [-0.2, -0.15) is 10.2 Å². The average molecular weight is 372 g/mol. The predicted octanol–water partition coefficient (Wildman–Crippen LogP) is 4.92. The first-order valence-electron chi connectivity index (χ1n) is 8.54. The van der Waals surface area contributed by atoms with Crippen LogP contribution >= 0.6 is 11.3 Å². The Morgan fingerprint density at radius 2 is 1.93 bits per heavy atom. The Labute approximate surface area is 159 Å².